The van der Waals surface area contributed by atoms with Crippen molar-refractivity contribution in [1.29, 1.82) is 0 Å². The second-order valence-electron chi connectivity index (χ2n) is 3.48. The summed E-state index contributed by atoms with van der Waals surface area (Å²) in [6.07, 6.45) is 0. The molecule has 1 nitrogen and oxygen atoms in total. The van der Waals surface area contributed by atoms with Gasteiger partial charge in [-0.3, -0.25) is 0 Å². The second-order valence-corrected chi connectivity index (χ2v) is 5.14. The molecule has 0 aliphatic heterocycles. The van der Waals surface area contributed by atoms with E-state index < -0.39 is 8.15 Å². The molecule has 0 aliphatic rings. The first kappa shape index (κ1) is 10.4. The van der Waals surface area contributed by atoms with Gasteiger partial charge in [-0.25, -0.2) is 0 Å². The lowest BCUT2D eigenvalue weighted by Gasteiger charge is -2.10. The monoisotopic (exact) mass is 216 g/mol. The van der Waals surface area contributed by atoms with Gasteiger partial charge >= 0.3 is 0 Å². The van der Waals surface area contributed by atoms with Crippen LogP contribution in [-0.4, -0.2) is 4.89 Å². The van der Waals surface area contributed by atoms with E-state index in [0.717, 1.165) is 10.6 Å². The Kier molecular flexibility index (Phi) is 3.15. The molecule has 0 bridgehead atoms. The summed E-state index contributed by atoms with van der Waals surface area (Å²) < 4.78 is 0. The molecule has 1 atom stereocenters. The number of rotatable bonds is 2. The molecule has 0 spiro atoms. The van der Waals surface area contributed by atoms with Gasteiger partial charge in [0.15, 0.2) is 0 Å². The lowest BCUT2D eigenvalue weighted by atomic mass is 10.2. The smallest absolute Gasteiger partial charge is 0.0877 e. The molecule has 2 rings (SSSR count). The minimum Gasteiger partial charge on any atom is -0.364 e. The highest BCUT2D eigenvalue weighted by atomic mass is 31.1. The predicted octanol–water partition coefficient (Wildman–Crippen LogP) is 2.34. The first-order valence-corrected chi connectivity index (χ1v) is 6.17. The van der Waals surface area contributed by atoms with E-state index in [0.29, 0.717) is 0 Å². The van der Waals surface area contributed by atoms with Gasteiger partial charge in [0.05, 0.1) is 8.15 Å². The Labute approximate surface area is 91.2 Å². The number of benzene rings is 2. The van der Waals surface area contributed by atoms with Gasteiger partial charge in [0.25, 0.3) is 0 Å². The molecule has 76 valence electrons. The van der Waals surface area contributed by atoms with Crippen LogP contribution in [0.3, 0.4) is 0 Å². The molecule has 0 aliphatic carbocycles. The quantitative estimate of drug-likeness (QED) is 0.764. The van der Waals surface area contributed by atoms with E-state index in [1.54, 1.807) is 0 Å². The van der Waals surface area contributed by atoms with Crippen LogP contribution in [0.25, 0.3) is 0 Å². The third-order valence-corrected chi connectivity index (χ3v) is 3.85. The fraction of sp³-hybridized carbons (Fsp3) is 0.0769. The Morgan fingerprint density at radius 2 is 1.33 bits per heavy atom. The minimum atomic E-state index is -1.18. The molecule has 0 aromatic heterocycles. The van der Waals surface area contributed by atoms with Gasteiger partial charge < -0.3 is 4.89 Å². The average molecular weight is 216 g/mol. The molecular formula is C13H13OP. The first-order chi connectivity index (χ1) is 7.27. The fourth-order valence-electron chi connectivity index (χ4n) is 1.40. The average Bonchev–Trinajstić information content (AvgIpc) is 2.30. The van der Waals surface area contributed by atoms with E-state index in [-0.39, 0.29) is 0 Å². The van der Waals surface area contributed by atoms with Crippen LogP contribution < -0.4 is 10.6 Å². The van der Waals surface area contributed by atoms with E-state index in [1.807, 2.05) is 61.5 Å². The zero-order valence-corrected chi connectivity index (χ0v) is 9.49. The van der Waals surface area contributed by atoms with Crippen molar-refractivity contribution >= 4 is 18.8 Å². The third kappa shape index (κ3) is 2.44. The lowest BCUT2D eigenvalue weighted by molar-refractivity contribution is 0.644. The van der Waals surface area contributed by atoms with Crippen LogP contribution >= 0.6 is 8.15 Å². The fourth-order valence-corrected chi connectivity index (χ4v) is 2.59. The summed E-state index contributed by atoms with van der Waals surface area (Å²) in [6, 6.07) is 17.8. The number of aryl methyl sites for hydroxylation is 1. The predicted molar refractivity (Wildman–Crippen MR) is 66.0 cm³/mol. The Morgan fingerprint density at radius 3 is 1.93 bits per heavy atom. The molecule has 1 unspecified atom stereocenters. The van der Waals surface area contributed by atoms with E-state index in [9.17, 15) is 4.89 Å². The van der Waals surface area contributed by atoms with Crippen LogP contribution in [0.1, 0.15) is 5.56 Å². The molecule has 2 aromatic carbocycles. The van der Waals surface area contributed by atoms with Gasteiger partial charge in [0, 0.05) is 10.6 Å². The molecule has 15 heavy (non-hydrogen) atoms. The highest BCUT2D eigenvalue weighted by molar-refractivity contribution is 7.67. The highest BCUT2D eigenvalue weighted by Gasteiger charge is 2.08. The standard InChI is InChI=1S/C13H13OP/c1-11-7-9-13(10-8-11)15(14)12-5-3-2-4-6-12/h2-10,14H,1H3. The normalized spacial score (nSPS) is 12.4. The molecule has 0 amide bonds. The van der Waals surface area contributed by atoms with Gasteiger partial charge in [-0.05, 0) is 6.92 Å². The number of hydrogen-bond donors (Lipinski definition) is 1. The van der Waals surface area contributed by atoms with Crippen LogP contribution in [0.4, 0.5) is 0 Å². The summed E-state index contributed by atoms with van der Waals surface area (Å²) >= 11 is 0. The van der Waals surface area contributed by atoms with E-state index in [1.165, 1.54) is 5.56 Å². The van der Waals surface area contributed by atoms with Crippen molar-refractivity contribution in [3.05, 3.63) is 60.2 Å². The largest absolute Gasteiger partial charge is 0.364 e. The van der Waals surface area contributed by atoms with Gasteiger partial charge in [0.2, 0.25) is 0 Å². The first-order valence-electron chi connectivity index (χ1n) is 4.88. The molecule has 2 aromatic rings. The SMILES string of the molecule is Cc1ccc(P(O)c2ccccc2)cc1. The van der Waals surface area contributed by atoms with Crippen LogP contribution in [0.15, 0.2) is 54.6 Å². The van der Waals surface area contributed by atoms with Crippen LogP contribution in [0.5, 0.6) is 0 Å². The molecular weight excluding hydrogens is 203 g/mol. The third-order valence-electron chi connectivity index (χ3n) is 2.28. The Bertz CT molecular complexity index is 422. The molecule has 0 saturated carbocycles. The van der Waals surface area contributed by atoms with Gasteiger partial charge in [-0.15, -0.1) is 0 Å². The van der Waals surface area contributed by atoms with E-state index >= 15 is 0 Å². The topological polar surface area (TPSA) is 20.2 Å². The molecule has 2 heteroatoms. The minimum absolute atomic E-state index is 0.997. The Hall–Kier alpha value is -1.17. The molecule has 1 N–H and O–H groups in total. The van der Waals surface area contributed by atoms with Crippen molar-refractivity contribution in [1.82, 2.24) is 0 Å². The molecule has 0 heterocycles. The van der Waals surface area contributed by atoms with E-state index in [2.05, 4.69) is 0 Å². The summed E-state index contributed by atoms with van der Waals surface area (Å²) in [7, 11) is -1.18. The van der Waals surface area contributed by atoms with Crippen LogP contribution in [0.2, 0.25) is 0 Å². The van der Waals surface area contributed by atoms with Crippen molar-refractivity contribution < 1.29 is 4.89 Å². The Balaban J connectivity index is 2.29. The van der Waals surface area contributed by atoms with Gasteiger partial charge in [-0.1, -0.05) is 60.2 Å². The summed E-state index contributed by atoms with van der Waals surface area (Å²) in [4.78, 5) is 10.1. The lowest BCUT2D eigenvalue weighted by Crippen LogP contribution is -2.10. The zero-order valence-electron chi connectivity index (χ0n) is 8.59. The molecule has 0 saturated heterocycles. The van der Waals surface area contributed by atoms with Gasteiger partial charge in [-0.2, -0.15) is 0 Å². The zero-order chi connectivity index (χ0) is 10.7. The van der Waals surface area contributed by atoms with Crippen molar-refractivity contribution in [2.75, 3.05) is 0 Å². The molecule has 0 radical (unpaired) electrons. The second kappa shape index (κ2) is 4.57. The molecule has 0 fully saturated rings. The van der Waals surface area contributed by atoms with Crippen molar-refractivity contribution in [2.24, 2.45) is 0 Å². The maximum absolute atomic E-state index is 10.1. The van der Waals surface area contributed by atoms with E-state index in [4.69, 9.17) is 0 Å². The summed E-state index contributed by atoms with van der Waals surface area (Å²) in [6.45, 7) is 2.05. The van der Waals surface area contributed by atoms with Crippen LogP contribution in [0, 0.1) is 6.92 Å². The maximum atomic E-state index is 10.1. The highest BCUT2D eigenvalue weighted by Crippen LogP contribution is 2.27. The number of hydrogen-bond acceptors (Lipinski definition) is 1. The Morgan fingerprint density at radius 1 is 0.800 bits per heavy atom. The van der Waals surface area contributed by atoms with Crippen molar-refractivity contribution in [2.45, 2.75) is 6.92 Å². The van der Waals surface area contributed by atoms with Gasteiger partial charge in [0.1, 0.15) is 0 Å². The summed E-state index contributed by atoms with van der Waals surface area (Å²) in [5.41, 5.74) is 1.22. The summed E-state index contributed by atoms with van der Waals surface area (Å²) in [5, 5.41) is 2.00. The van der Waals surface area contributed by atoms with Crippen LogP contribution in [-0.2, 0) is 0 Å². The maximum Gasteiger partial charge on any atom is 0.0877 e. The summed E-state index contributed by atoms with van der Waals surface area (Å²) in [5.74, 6) is 0. The van der Waals surface area contributed by atoms with Crippen molar-refractivity contribution in [3.63, 3.8) is 0 Å². The van der Waals surface area contributed by atoms with Crippen molar-refractivity contribution in [3.8, 4) is 0 Å².